The average Bonchev–Trinajstić information content (AvgIpc) is 2.61. The molecule has 0 aliphatic heterocycles. The van der Waals surface area contributed by atoms with Gasteiger partial charge in [0.05, 0.1) is 11.4 Å². The number of hydrogen-bond donors (Lipinski definition) is 0. The van der Waals surface area contributed by atoms with Gasteiger partial charge in [0.15, 0.2) is 0 Å². The Morgan fingerprint density at radius 1 is 1.11 bits per heavy atom. The van der Waals surface area contributed by atoms with E-state index in [9.17, 15) is 21.6 Å². The summed E-state index contributed by atoms with van der Waals surface area (Å²) in [5.74, 6) is 0. The Morgan fingerprint density at radius 2 is 1.68 bits per heavy atom. The van der Waals surface area contributed by atoms with Crippen molar-refractivity contribution in [3.05, 3.63) is 63.6 Å². The molecule has 2 rings (SSSR count). The molecule has 0 atom stereocenters. The second-order valence-corrected chi connectivity index (χ2v) is 8.49. The number of alkyl halides is 3. The van der Waals surface area contributed by atoms with Gasteiger partial charge in [0, 0.05) is 22.7 Å². The highest BCUT2D eigenvalue weighted by molar-refractivity contribution is 7.93. The van der Waals surface area contributed by atoms with E-state index in [2.05, 4.69) is 5.16 Å². The molecule has 0 heterocycles. The van der Waals surface area contributed by atoms with Crippen LogP contribution >= 0.6 is 23.2 Å². The van der Waals surface area contributed by atoms with E-state index in [1.165, 1.54) is 25.1 Å². The van der Waals surface area contributed by atoms with Gasteiger partial charge in [0.1, 0.15) is 6.61 Å². The Hall–Kier alpha value is -1.97. The molecule has 0 aliphatic rings. The smallest absolute Gasteiger partial charge is 0.391 e. The van der Waals surface area contributed by atoms with Crippen LogP contribution in [0.4, 0.5) is 18.9 Å². The highest BCUT2D eigenvalue weighted by Crippen LogP contribution is 2.33. The number of oxime groups is 1. The number of nitrogens with zero attached hydrogens (tertiary/aromatic N) is 2. The SMILES string of the molecule is CC(=NOCc1ccc(Cl)cc1)c1cc(Cl)ccc1N(C)S(=O)(=O)C(F)(F)F. The summed E-state index contributed by atoms with van der Waals surface area (Å²) in [6.07, 6.45) is 0. The molecular weight excluding hydrogens is 440 g/mol. The minimum atomic E-state index is -5.58. The molecule has 5 nitrogen and oxygen atoms in total. The summed E-state index contributed by atoms with van der Waals surface area (Å²) < 4.78 is 62.2. The Kier molecular flexibility index (Phi) is 6.84. The Balaban J connectivity index is 2.31. The van der Waals surface area contributed by atoms with E-state index in [1.807, 2.05) is 0 Å². The normalized spacial score (nSPS) is 12.8. The van der Waals surface area contributed by atoms with E-state index in [-0.39, 0.29) is 32.9 Å². The summed E-state index contributed by atoms with van der Waals surface area (Å²) in [5, 5.41) is 4.62. The minimum absolute atomic E-state index is 0.0823. The molecule has 11 heteroatoms. The zero-order valence-corrected chi connectivity index (χ0v) is 17.0. The van der Waals surface area contributed by atoms with Crippen molar-refractivity contribution in [2.45, 2.75) is 19.0 Å². The number of rotatable bonds is 6. The number of benzene rings is 2. The zero-order valence-electron chi connectivity index (χ0n) is 14.7. The minimum Gasteiger partial charge on any atom is -0.391 e. The molecular formula is C17H15Cl2F3N2O3S. The van der Waals surface area contributed by atoms with Crippen molar-refractivity contribution < 1.29 is 26.4 Å². The van der Waals surface area contributed by atoms with Crippen LogP contribution in [0.15, 0.2) is 47.6 Å². The van der Waals surface area contributed by atoms with Crippen molar-refractivity contribution in [3.8, 4) is 0 Å². The Morgan fingerprint density at radius 3 is 2.25 bits per heavy atom. The average molecular weight is 455 g/mol. The molecule has 2 aromatic rings. The van der Waals surface area contributed by atoms with E-state index in [0.29, 0.717) is 5.02 Å². The number of sulfonamides is 1. The van der Waals surface area contributed by atoms with Crippen molar-refractivity contribution in [1.82, 2.24) is 0 Å². The lowest BCUT2D eigenvalue weighted by Crippen LogP contribution is -2.38. The zero-order chi connectivity index (χ0) is 21.1. The molecule has 152 valence electrons. The lowest BCUT2D eigenvalue weighted by Gasteiger charge is -2.23. The van der Waals surface area contributed by atoms with Crippen molar-refractivity contribution >= 4 is 44.6 Å². The summed E-state index contributed by atoms with van der Waals surface area (Å²) in [7, 11) is -4.78. The van der Waals surface area contributed by atoms with Gasteiger partial charge in [-0.3, -0.25) is 4.31 Å². The molecule has 0 spiro atoms. The van der Waals surface area contributed by atoms with E-state index in [0.717, 1.165) is 12.6 Å². The standard InChI is InChI=1S/C17H15Cl2F3N2O3S/c1-11(23-27-10-12-3-5-13(18)6-4-12)15-9-14(19)7-8-16(15)24(2)28(25,26)17(20,21)22/h3-9H,10H2,1-2H3. The van der Waals surface area contributed by atoms with E-state index in [4.69, 9.17) is 28.0 Å². The largest absolute Gasteiger partial charge is 0.516 e. The molecule has 0 fully saturated rings. The van der Waals surface area contributed by atoms with Gasteiger partial charge < -0.3 is 4.84 Å². The summed E-state index contributed by atoms with van der Waals surface area (Å²) >= 11 is 11.7. The van der Waals surface area contributed by atoms with Crippen molar-refractivity contribution in [2.24, 2.45) is 5.16 Å². The quantitative estimate of drug-likeness (QED) is 0.444. The maximum atomic E-state index is 12.9. The first-order valence-electron chi connectivity index (χ1n) is 7.69. The molecule has 0 bridgehead atoms. The van der Waals surface area contributed by atoms with Crippen LogP contribution in [-0.4, -0.2) is 26.7 Å². The van der Waals surface area contributed by atoms with Gasteiger partial charge in [-0.05, 0) is 42.8 Å². The third kappa shape index (κ3) is 5.09. The Bertz CT molecular complexity index is 978. The van der Waals surface area contributed by atoms with Crippen LogP contribution in [0.25, 0.3) is 0 Å². The summed E-state index contributed by atoms with van der Waals surface area (Å²) in [6.45, 7) is 1.55. The van der Waals surface area contributed by atoms with Crippen LogP contribution < -0.4 is 4.31 Å². The van der Waals surface area contributed by atoms with Crippen LogP contribution in [0.3, 0.4) is 0 Å². The second-order valence-electron chi connectivity index (χ2n) is 5.66. The van der Waals surface area contributed by atoms with E-state index >= 15 is 0 Å². The molecule has 0 saturated heterocycles. The lowest BCUT2D eigenvalue weighted by atomic mass is 10.1. The Labute approximate surface area is 170 Å². The molecule has 28 heavy (non-hydrogen) atoms. The van der Waals surface area contributed by atoms with Crippen LogP contribution in [0, 0.1) is 0 Å². The fraction of sp³-hybridized carbons (Fsp3) is 0.235. The van der Waals surface area contributed by atoms with Gasteiger partial charge in [-0.1, -0.05) is 40.5 Å². The number of halogens is 5. The predicted octanol–water partition coefficient (Wildman–Crippen LogP) is 5.22. The molecule has 0 aromatic heterocycles. The van der Waals surface area contributed by atoms with Gasteiger partial charge in [-0.25, -0.2) is 0 Å². The summed E-state index contributed by atoms with van der Waals surface area (Å²) in [5.41, 5.74) is -4.69. The maximum Gasteiger partial charge on any atom is 0.516 e. The maximum absolute atomic E-state index is 12.9. The molecule has 0 radical (unpaired) electrons. The highest BCUT2D eigenvalue weighted by Gasteiger charge is 2.49. The first-order chi connectivity index (χ1) is 12.9. The van der Waals surface area contributed by atoms with Crippen molar-refractivity contribution in [2.75, 3.05) is 11.4 Å². The van der Waals surface area contributed by atoms with Crippen LogP contribution in [-0.2, 0) is 21.5 Å². The monoisotopic (exact) mass is 454 g/mol. The molecule has 0 N–H and O–H groups in total. The van der Waals surface area contributed by atoms with E-state index < -0.39 is 15.5 Å². The molecule has 0 saturated carbocycles. The molecule has 2 aromatic carbocycles. The van der Waals surface area contributed by atoms with Crippen molar-refractivity contribution in [1.29, 1.82) is 0 Å². The van der Waals surface area contributed by atoms with Gasteiger partial charge in [0.2, 0.25) is 0 Å². The van der Waals surface area contributed by atoms with E-state index in [1.54, 1.807) is 24.3 Å². The van der Waals surface area contributed by atoms with Gasteiger partial charge in [-0.2, -0.15) is 21.6 Å². The third-order valence-corrected chi connectivity index (χ3v) is 5.68. The predicted molar refractivity (Wildman–Crippen MR) is 103 cm³/mol. The third-order valence-electron chi connectivity index (χ3n) is 3.69. The topological polar surface area (TPSA) is 59.0 Å². The van der Waals surface area contributed by atoms with Crippen molar-refractivity contribution in [3.63, 3.8) is 0 Å². The molecule has 0 aliphatic carbocycles. The fourth-order valence-electron chi connectivity index (χ4n) is 2.19. The van der Waals surface area contributed by atoms with Gasteiger partial charge >= 0.3 is 15.5 Å². The molecule has 0 amide bonds. The van der Waals surface area contributed by atoms with Gasteiger partial charge in [-0.15, -0.1) is 0 Å². The fourth-order valence-corrected chi connectivity index (χ4v) is 3.22. The lowest BCUT2D eigenvalue weighted by molar-refractivity contribution is -0.0437. The van der Waals surface area contributed by atoms with Gasteiger partial charge in [0.25, 0.3) is 0 Å². The van der Waals surface area contributed by atoms with Crippen LogP contribution in [0.5, 0.6) is 0 Å². The second kappa shape index (κ2) is 8.59. The molecule has 0 unspecified atom stereocenters. The first kappa shape index (κ1) is 22.3. The first-order valence-corrected chi connectivity index (χ1v) is 9.89. The number of hydrogen-bond acceptors (Lipinski definition) is 4. The van der Waals surface area contributed by atoms with Crippen LogP contribution in [0.1, 0.15) is 18.1 Å². The summed E-state index contributed by atoms with van der Waals surface area (Å²) in [6, 6.07) is 10.5. The van der Waals surface area contributed by atoms with Crippen LogP contribution in [0.2, 0.25) is 10.0 Å². The summed E-state index contributed by atoms with van der Waals surface area (Å²) in [4.78, 5) is 5.21. The number of anilines is 1. The highest BCUT2D eigenvalue weighted by atomic mass is 35.5.